The highest BCUT2D eigenvalue weighted by Crippen LogP contribution is 2.48. The maximum atomic E-state index is 11.5. The summed E-state index contributed by atoms with van der Waals surface area (Å²) in [5.74, 6) is -0.776. The summed E-state index contributed by atoms with van der Waals surface area (Å²) in [6, 6.07) is 7.47. The van der Waals surface area contributed by atoms with Gasteiger partial charge >= 0.3 is 13.1 Å². The van der Waals surface area contributed by atoms with E-state index in [2.05, 4.69) is 0 Å². The van der Waals surface area contributed by atoms with Gasteiger partial charge in [-0.3, -0.25) is 4.79 Å². The number of hydrogen-bond donors (Lipinski definition) is 2. The molecule has 0 radical (unpaired) electrons. The van der Waals surface area contributed by atoms with Crippen LogP contribution in [0.25, 0.3) is 6.08 Å². The maximum Gasteiger partial charge on any atom is 0.492 e. The van der Waals surface area contributed by atoms with E-state index in [1.54, 1.807) is 0 Å². The molecule has 134 valence electrons. The lowest BCUT2D eigenvalue weighted by Gasteiger charge is -2.32. The Bertz CT molecular complexity index is 702. The summed E-state index contributed by atoms with van der Waals surface area (Å²) in [7, 11) is -0.618. The molecule has 0 amide bonds. The van der Waals surface area contributed by atoms with Crippen LogP contribution in [0, 0.1) is 0 Å². The SMILES string of the molecule is CC1(C)OB(C(=Cc2cccc(C3(C(=O)O)CC3)c2)CO)OC1(C)C. The summed E-state index contributed by atoms with van der Waals surface area (Å²) in [5, 5.41) is 19.3. The zero-order valence-corrected chi connectivity index (χ0v) is 15.2. The second-order valence-corrected chi connectivity index (χ2v) is 7.98. The number of benzene rings is 1. The molecule has 2 N–H and O–H groups in total. The van der Waals surface area contributed by atoms with E-state index >= 15 is 0 Å². The van der Waals surface area contributed by atoms with Gasteiger partial charge in [-0.25, -0.2) is 0 Å². The molecular formula is C19H25BO5. The van der Waals surface area contributed by atoms with Gasteiger partial charge in [-0.05, 0) is 57.1 Å². The van der Waals surface area contributed by atoms with Crippen LogP contribution in [0.5, 0.6) is 0 Å². The van der Waals surface area contributed by atoms with Gasteiger partial charge in [-0.15, -0.1) is 0 Å². The number of carboxylic acids is 1. The molecule has 1 saturated heterocycles. The van der Waals surface area contributed by atoms with E-state index in [4.69, 9.17) is 9.31 Å². The zero-order chi connectivity index (χ0) is 18.5. The van der Waals surface area contributed by atoms with E-state index < -0.39 is 29.7 Å². The van der Waals surface area contributed by atoms with Crippen LogP contribution in [0.3, 0.4) is 0 Å². The molecule has 1 heterocycles. The topological polar surface area (TPSA) is 76.0 Å². The number of carboxylic acid groups (broad SMARTS) is 1. The molecule has 0 aromatic heterocycles. The van der Waals surface area contributed by atoms with Crippen molar-refractivity contribution >= 4 is 19.2 Å². The molecule has 0 unspecified atom stereocenters. The van der Waals surface area contributed by atoms with Gasteiger partial charge < -0.3 is 19.5 Å². The largest absolute Gasteiger partial charge is 0.492 e. The molecule has 2 aliphatic rings. The van der Waals surface area contributed by atoms with Gasteiger partial charge in [0.05, 0.1) is 23.2 Å². The Labute approximate surface area is 148 Å². The number of rotatable bonds is 5. The Morgan fingerprint density at radius 1 is 1.20 bits per heavy atom. The zero-order valence-electron chi connectivity index (χ0n) is 15.2. The number of aliphatic carboxylic acids is 1. The lowest BCUT2D eigenvalue weighted by atomic mass is 9.77. The van der Waals surface area contributed by atoms with Gasteiger partial charge in [0.1, 0.15) is 0 Å². The third-order valence-corrected chi connectivity index (χ3v) is 5.69. The van der Waals surface area contributed by atoms with Crippen LogP contribution in [-0.4, -0.2) is 41.1 Å². The third-order valence-electron chi connectivity index (χ3n) is 5.69. The molecule has 5 nitrogen and oxygen atoms in total. The highest BCUT2D eigenvalue weighted by Gasteiger charge is 2.53. The molecule has 3 rings (SSSR count). The van der Waals surface area contributed by atoms with E-state index in [9.17, 15) is 15.0 Å². The van der Waals surface area contributed by atoms with Crippen LogP contribution >= 0.6 is 0 Å². The third kappa shape index (κ3) is 3.14. The fourth-order valence-corrected chi connectivity index (χ4v) is 3.07. The quantitative estimate of drug-likeness (QED) is 0.804. The Morgan fingerprint density at radius 3 is 2.28 bits per heavy atom. The molecule has 1 aromatic rings. The fraction of sp³-hybridized carbons (Fsp3) is 0.526. The summed E-state index contributed by atoms with van der Waals surface area (Å²) in [6.07, 6.45) is 3.16. The van der Waals surface area contributed by atoms with Gasteiger partial charge in [0.15, 0.2) is 0 Å². The van der Waals surface area contributed by atoms with Crippen molar-refractivity contribution in [1.29, 1.82) is 0 Å². The summed E-state index contributed by atoms with van der Waals surface area (Å²) >= 11 is 0. The first-order valence-electron chi connectivity index (χ1n) is 8.62. The number of aliphatic hydroxyl groups excluding tert-OH is 1. The molecule has 1 aromatic carbocycles. The molecule has 0 bridgehead atoms. The monoisotopic (exact) mass is 344 g/mol. The molecule has 0 spiro atoms. The van der Waals surface area contributed by atoms with E-state index in [1.807, 2.05) is 58.0 Å². The summed E-state index contributed by atoms with van der Waals surface area (Å²) in [6.45, 7) is 7.67. The standard InChI is InChI=1S/C19H25BO5/c1-17(2)18(3,4)25-20(24-17)15(12-21)11-13-6-5-7-14(10-13)19(8-9-19)16(22)23/h5-7,10-11,21H,8-9,12H2,1-4H3,(H,22,23). The van der Waals surface area contributed by atoms with Crippen molar-refractivity contribution < 1.29 is 24.3 Å². The predicted octanol–water partition coefficient (Wildman–Crippen LogP) is 2.81. The van der Waals surface area contributed by atoms with Crippen molar-refractivity contribution in [2.75, 3.05) is 6.61 Å². The summed E-state index contributed by atoms with van der Waals surface area (Å²) < 4.78 is 12.0. The minimum Gasteiger partial charge on any atom is -0.481 e. The summed E-state index contributed by atoms with van der Waals surface area (Å²) in [4.78, 5) is 11.5. The van der Waals surface area contributed by atoms with E-state index in [-0.39, 0.29) is 6.61 Å². The van der Waals surface area contributed by atoms with Crippen LogP contribution in [0.2, 0.25) is 0 Å². The molecule has 1 aliphatic carbocycles. The van der Waals surface area contributed by atoms with Crippen LogP contribution < -0.4 is 0 Å². The lowest BCUT2D eigenvalue weighted by Crippen LogP contribution is -2.41. The predicted molar refractivity (Wildman–Crippen MR) is 96.1 cm³/mol. The van der Waals surface area contributed by atoms with E-state index in [0.717, 1.165) is 11.1 Å². The van der Waals surface area contributed by atoms with Crippen LogP contribution in [0.4, 0.5) is 0 Å². The van der Waals surface area contributed by atoms with Crippen LogP contribution in [0.1, 0.15) is 51.7 Å². The second-order valence-electron chi connectivity index (χ2n) is 7.98. The van der Waals surface area contributed by atoms with Gasteiger partial charge in [0.2, 0.25) is 0 Å². The Kier molecular flexibility index (Phi) is 4.34. The van der Waals surface area contributed by atoms with Gasteiger partial charge in [-0.1, -0.05) is 30.3 Å². The number of carbonyl (C=O) groups is 1. The highest BCUT2D eigenvalue weighted by atomic mass is 16.7. The molecule has 0 atom stereocenters. The first kappa shape index (κ1) is 18.2. The average molecular weight is 344 g/mol. The average Bonchev–Trinajstić information content (AvgIpc) is 3.29. The highest BCUT2D eigenvalue weighted by molar-refractivity contribution is 6.55. The van der Waals surface area contributed by atoms with Crippen LogP contribution in [0.15, 0.2) is 29.7 Å². The van der Waals surface area contributed by atoms with E-state index in [0.29, 0.717) is 18.3 Å². The smallest absolute Gasteiger partial charge is 0.481 e. The van der Waals surface area contributed by atoms with Crippen molar-refractivity contribution in [3.05, 3.63) is 40.9 Å². The van der Waals surface area contributed by atoms with Gasteiger partial charge in [0, 0.05) is 0 Å². The fourth-order valence-electron chi connectivity index (χ4n) is 3.07. The number of hydrogen-bond acceptors (Lipinski definition) is 4. The van der Waals surface area contributed by atoms with E-state index in [1.165, 1.54) is 0 Å². The normalized spacial score (nSPS) is 23.6. The molecule has 2 fully saturated rings. The minimum atomic E-state index is -0.776. The molecule has 1 aliphatic heterocycles. The number of aliphatic hydroxyl groups is 1. The van der Waals surface area contributed by atoms with Crippen molar-refractivity contribution in [3.8, 4) is 0 Å². The van der Waals surface area contributed by atoms with Crippen molar-refractivity contribution in [3.63, 3.8) is 0 Å². The van der Waals surface area contributed by atoms with Gasteiger partial charge in [-0.2, -0.15) is 0 Å². The second kappa shape index (κ2) is 5.97. The van der Waals surface area contributed by atoms with Crippen LogP contribution in [-0.2, 0) is 19.5 Å². The lowest BCUT2D eigenvalue weighted by molar-refractivity contribution is -0.140. The Balaban J connectivity index is 1.88. The van der Waals surface area contributed by atoms with Crippen molar-refractivity contribution in [2.45, 2.75) is 57.2 Å². The first-order chi connectivity index (χ1) is 11.6. The Hall–Kier alpha value is -1.63. The Morgan fingerprint density at radius 2 is 1.80 bits per heavy atom. The maximum absolute atomic E-state index is 11.5. The van der Waals surface area contributed by atoms with Crippen molar-refractivity contribution in [1.82, 2.24) is 0 Å². The molecule has 6 heteroatoms. The summed E-state index contributed by atoms with van der Waals surface area (Å²) in [5.41, 5.74) is 0.567. The molecular weight excluding hydrogens is 319 g/mol. The molecule has 1 saturated carbocycles. The van der Waals surface area contributed by atoms with Gasteiger partial charge in [0.25, 0.3) is 0 Å². The molecule has 25 heavy (non-hydrogen) atoms. The minimum absolute atomic E-state index is 0.189. The first-order valence-corrected chi connectivity index (χ1v) is 8.62. The van der Waals surface area contributed by atoms with Crippen molar-refractivity contribution in [2.24, 2.45) is 0 Å².